The maximum atomic E-state index is 14.8. The highest BCUT2D eigenvalue weighted by Gasteiger charge is 2.70. The van der Waals surface area contributed by atoms with Gasteiger partial charge in [0.25, 0.3) is 0 Å². The largest absolute Gasteiger partial charge is 0.352 e. The fraction of sp³-hybridized carbons (Fsp3) is 0.147. The molecule has 0 unspecified atom stereocenters. The highest BCUT2D eigenvalue weighted by molar-refractivity contribution is 6.34. The summed E-state index contributed by atoms with van der Waals surface area (Å²) in [5.74, 6) is -2.00. The quantitative estimate of drug-likeness (QED) is 0.259. The second-order valence-corrected chi connectivity index (χ2v) is 11.6. The lowest BCUT2D eigenvalue weighted by molar-refractivity contribution is -0.121. The number of para-hydroxylation sites is 2. The van der Waals surface area contributed by atoms with E-state index in [-0.39, 0.29) is 17.5 Å². The van der Waals surface area contributed by atoms with Gasteiger partial charge in [-0.1, -0.05) is 77.8 Å². The van der Waals surface area contributed by atoms with E-state index >= 15 is 0 Å². The lowest BCUT2D eigenvalue weighted by Gasteiger charge is -2.39. The summed E-state index contributed by atoms with van der Waals surface area (Å²) in [5.41, 5.74) is 3.35. The van der Waals surface area contributed by atoms with Crippen LogP contribution in [0.25, 0.3) is 5.57 Å². The number of carbonyl (C=O) groups excluding carboxylic acids is 3. The van der Waals surface area contributed by atoms with Gasteiger partial charge in [-0.3, -0.25) is 14.4 Å². The number of nitrogens with one attached hydrogen (secondary N) is 1. The molecule has 3 heterocycles. The molecule has 0 aliphatic carbocycles. The number of ketones is 2. The number of carbonyl (C=O) groups is 3. The first-order valence-corrected chi connectivity index (χ1v) is 14.1. The summed E-state index contributed by atoms with van der Waals surface area (Å²) in [7, 11) is 0. The van der Waals surface area contributed by atoms with Gasteiger partial charge in [-0.15, -0.1) is 0 Å². The Morgan fingerprint density at radius 3 is 2.29 bits per heavy atom. The van der Waals surface area contributed by atoms with Crippen LogP contribution < -0.4 is 10.2 Å². The van der Waals surface area contributed by atoms with Crippen LogP contribution in [0.15, 0.2) is 103 Å². The van der Waals surface area contributed by atoms with Crippen molar-refractivity contribution in [3.05, 3.63) is 135 Å². The van der Waals surface area contributed by atoms with E-state index < -0.39 is 23.4 Å². The lowest BCUT2D eigenvalue weighted by atomic mass is 9.64. The molecule has 41 heavy (non-hydrogen) atoms. The van der Waals surface area contributed by atoms with Crippen molar-refractivity contribution in [2.75, 3.05) is 10.2 Å². The number of hydrogen-bond donors (Lipinski definition) is 1. The van der Waals surface area contributed by atoms with Gasteiger partial charge in [0, 0.05) is 33.1 Å². The molecule has 1 spiro atoms. The van der Waals surface area contributed by atoms with E-state index in [0.29, 0.717) is 32.4 Å². The van der Waals surface area contributed by atoms with E-state index in [4.69, 9.17) is 23.2 Å². The van der Waals surface area contributed by atoms with Gasteiger partial charge < -0.3 is 10.2 Å². The van der Waals surface area contributed by atoms with Crippen LogP contribution in [0.1, 0.15) is 38.8 Å². The number of Topliss-reactive ketones (excluding diaryl/α,β-unsaturated/α-hetero) is 2. The van der Waals surface area contributed by atoms with Crippen LogP contribution in [-0.4, -0.2) is 29.6 Å². The molecule has 7 rings (SSSR count). The van der Waals surface area contributed by atoms with Gasteiger partial charge in [0.05, 0.1) is 17.0 Å². The van der Waals surface area contributed by atoms with Gasteiger partial charge >= 0.3 is 0 Å². The van der Waals surface area contributed by atoms with Crippen LogP contribution >= 0.6 is 23.2 Å². The topological polar surface area (TPSA) is 66.5 Å². The van der Waals surface area contributed by atoms with Crippen molar-refractivity contribution >= 4 is 57.6 Å². The molecule has 1 saturated heterocycles. The molecular weight excluding hydrogens is 555 g/mol. The molecule has 0 aromatic heterocycles. The van der Waals surface area contributed by atoms with E-state index in [1.165, 1.54) is 0 Å². The number of amides is 1. The van der Waals surface area contributed by atoms with Crippen molar-refractivity contribution < 1.29 is 14.4 Å². The number of fused-ring (bicyclic) bond motifs is 6. The Hall–Kier alpha value is -4.19. The summed E-state index contributed by atoms with van der Waals surface area (Å²) in [6.07, 6.45) is 2.03. The number of rotatable bonds is 4. The molecule has 0 radical (unpaired) electrons. The Balaban J connectivity index is 1.57. The Labute approximate surface area is 247 Å². The van der Waals surface area contributed by atoms with Crippen molar-refractivity contribution in [3.8, 4) is 0 Å². The highest BCUT2D eigenvalue weighted by atomic mass is 35.5. The first kappa shape index (κ1) is 25.8. The molecule has 1 fully saturated rings. The predicted molar refractivity (Wildman–Crippen MR) is 162 cm³/mol. The minimum absolute atomic E-state index is 0.293. The summed E-state index contributed by atoms with van der Waals surface area (Å²) in [6.45, 7) is 2.00. The van der Waals surface area contributed by atoms with Crippen molar-refractivity contribution in [2.45, 2.75) is 24.4 Å². The van der Waals surface area contributed by atoms with Crippen LogP contribution in [0.5, 0.6) is 0 Å². The molecule has 0 bridgehead atoms. The number of hydrogen-bond acceptors (Lipinski definition) is 4. The normalized spacial score (nSPS) is 23.9. The first-order chi connectivity index (χ1) is 19.8. The molecule has 202 valence electrons. The van der Waals surface area contributed by atoms with Gasteiger partial charge in [0.2, 0.25) is 5.91 Å². The molecular formula is C34H24Cl2N2O3. The standard InChI is InChI=1S/C34H24Cl2N2O3/c1-19-18-28-34(24-10-4-6-12-26(24)37-33(34)41)29(31(39)20-14-16-21(35)17-15-20)30(32(40)23-9-2-5-11-25(23)36)38(28)27-13-7-3-8-22(19)27/h2-18,28-30H,1H3,(H,37,41)/t28-,29+,30+,34-/m1/s1. The summed E-state index contributed by atoms with van der Waals surface area (Å²) in [4.78, 5) is 45.9. The maximum Gasteiger partial charge on any atom is 0.238 e. The fourth-order valence-corrected chi connectivity index (χ4v) is 7.36. The summed E-state index contributed by atoms with van der Waals surface area (Å²) >= 11 is 12.8. The average molecular weight is 579 g/mol. The second kappa shape index (κ2) is 9.44. The molecule has 1 N–H and O–H groups in total. The summed E-state index contributed by atoms with van der Waals surface area (Å²) in [5, 5.41) is 3.83. The molecule has 4 atom stereocenters. The first-order valence-electron chi connectivity index (χ1n) is 13.4. The minimum atomic E-state index is -1.39. The van der Waals surface area contributed by atoms with E-state index in [1.54, 1.807) is 48.5 Å². The monoisotopic (exact) mass is 578 g/mol. The second-order valence-electron chi connectivity index (χ2n) is 10.7. The number of allylic oxidation sites excluding steroid dienone is 1. The van der Waals surface area contributed by atoms with Crippen LogP contribution in [0.3, 0.4) is 0 Å². The Morgan fingerprint density at radius 2 is 1.51 bits per heavy atom. The zero-order valence-electron chi connectivity index (χ0n) is 22.0. The molecule has 5 nitrogen and oxygen atoms in total. The van der Waals surface area contributed by atoms with Gasteiger partial charge in [-0.05, 0) is 66.6 Å². The smallest absolute Gasteiger partial charge is 0.238 e. The average Bonchev–Trinajstić information content (AvgIpc) is 3.45. The molecule has 0 saturated carbocycles. The van der Waals surface area contributed by atoms with Gasteiger partial charge in [0.15, 0.2) is 11.6 Å². The van der Waals surface area contributed by atoms with Gasteiger partial charge in [-0.25, -0.2) is 0 Å². The predicted octanol–water partition coefficient (Wildman–Crippen LogP) is 7.24. The van der Waals surface area contributed by atoms with Gasteiger partial charge in [0.1, 0.15) is 11.5 Å². The SMILES string of the molecule is CC1=C[C@H]2N(c3ccccc31)[C@H](C(=O)c1ccccc1Cl)[C@@H](C(=O)c1ccc(Cl)cc1)[C@]21C(=O)Nc2ccccc21. The number of nitrogens with zero attached hydrogens (tertiary/aromatic N) is 1. The van der Waals surface area contributed by atoms with Crippen LogP contribution in [0, 0.1) is 5.92 Å². The molecule has 4 aromatic carbocycles. The van der Waals surface area contributed by atoms with E-state index in [0.717, 1.165) is 16.8 Å². The third-order valence-electron chi connectivity index (χ3n) is 8.70. The Kier molecular flexibility index (Phi) is 5.93. The van der Waals surface area contributed by atoms with Crippen molar-refractivity contribution in [1.29, 1.82) is 0 Å². The van der Waals surface area contributed by atoms with Crippen LogP contribution in [-0.2, 0) is 10.2 Å². The molecule has 1 amide bonds. The third kappa shape index (κ3) is 3.59. The van der Waals surface area contributed by atoms with Crippen LogP contribution in [0.4, 0.5) is 11.4 Å². The molecule has 4 aromatic rings. The zero-order valence-corrected chi connectivity index (χ0v) is 23.5. The number of benzene rings is 4. The van der Waals surface area contributed by atoms with Crippen molar-refractivity contribution in [2.24, 2.45) is 5.92 Å². The Morgan fingerprint density at radius 1 is 0.829 bits per heavy atom. The Bertz CT molecular complexity index is 1800. The molecule has 3 aliphatic rings. The molecule has 3 aliphatic heterocycles. The zero-order chi connectivity index (χ0) is 28.5. The minimum Gasteiger partial charge on any atom is -0.352 e. The highest BCUT2D eigenvalue weighted by Crippen LogP contribution is 2.59. The maximum absolute atomic E-state index is 14.8. The van der Waals surface area contributed by atoms with E-state index in [1.807, 2.05) is 66.4 Å². The summed E-state index contributed by atoms with van der Waals surface area (Å²) in [6, 6.07) is 27.1. The van der Waals surface area contributed by atoms with Gasteiger partial charge in [-0.2, -0.15) is 0 Å². The third-order valence-corrected chi connectivity index (χ3v) is 9.28. The summed E-state index contributed by atoms with van der Waals surface area (Å²) < 4.78 is 0. The lowest BCUT2D eigenvalue weighted by Crippen LogP contribution is -2.51. The number of halogens is 2. The van der Waals surface area contributed by atoms with Crippen molar-refractivity contribution in [1.82, 2.24) is 0 Å². The van der Waals surface area contributed by atoms with Crippen molar-refractivity contribution in [3.63, 3.8) is 0 Å². The van der Waals surface area contributed by atoms with E-state index in [9.17, 15) is 14.4 Å². The molecule has 7 heteroatoms. The van der Waals surface area contributed by atoms with E-state index in [2.05, 4.69) is 5.32 Å². The van der Waals surface area contributed by atoms with Crippen LogP contribution in [0.2, 0.25) is 10.0 Å². The number of anilines is 2. The fourth-order valence-electron chi connectivity index (χ4n) is 7.00.